The minimum absolute atomic E-state index is 0.00586. The molecule has 1 amide bonds. The molecule has 1 atom stereocenters. The van der Waals surface area contributed by atoms with Crippen LogP contribution in [0.25, 0.3) is 0 Å². The van der Waals surface area contributed by atoms with E-state index in [-0.39, 0.29) is 24.1 Å². The van der Waals surface area contributed by atoms with Crippen molar-refractivity contribution >= 4 is 39.2 Å². The number of nitrogens with two attached hydrogens (primary N) is 1. The Bertz CT molecular complexity index is 1320. The number of hydrogen-bond donors (Lipinski definition) is 3. The number of nitrogens with one attached hydrogen (secondary N) is 2. The predicted octanol–water partition coefficient (Wildman–Crippen LogP) is 2.34. The molecule has 0 bridgehead atoms. The largest absolute Gasteiger partial charge is 0.355 e. The Balaban J connectivity index is 1.82. The van der Waals surface area contributed by atoms with Gasteiger partial charge in [-0.05, 0) is 48.9 Å². The number of rotatable bonds is 11. The summed E-state index contributed by atoms with van der Waals surface area (Å²) >= 11 is 1.41. The van der Waals surface area contributed by atoms with E-state index in [1.54, 1.807) is 19.1 Å². The Labute approximate surface area is 222 Å². The predicted molar refractivity (Wildman–Crippen MR) is 145 cm³/mol. The standard InChI is InChI=1S/C25H31N7O3S2/c1-3-20-21(11-26)24(32-10-9-18(15-32)14-29-23(33)13-28)30-25(22(20)12-27)36-16-17-5-7-19(8-6-17)31-37(34,35)4-2/h5-8,18,31H,3-4,9-10,13-16,28H2,1-2H3,(H,29,33)/t18-/m1/s1. The van der Waals surface area contributed by atoms with Gasteiger partial charge in [0.2, 0.25) is 15.9 Å². The summed E-state index contributed by atoms with van der Waals surface area (Å²) in [4.78, 5) is 18.4. The van der Waals surface area contributed by atoms with Gasteiger partial charge in [-0.15, -0.1) is 11.8 Å². The van der Waals surface area contributed by atoms with Crippen LogP contribution in [0.4, 0.5) is 11.5 Å². The SMILES string of the molecule is CCc1c(C#N)c(SCc2ccc(NS(=O)(=O)CC)cc2)nc(N2CC[C@H](CNC(=O)CN)C2)c1C#N. The molecule has 0 aliphatic carbocycles. The van der Waals surface area contributed by atoms with Crippen molar-refractivity contribution in [1.82, 2.24) is 10.3 Å². The number of nitrogens with zero attached hydrogens (tertiary/aromatic N) is 4. The van der Waals surface area contributed by atoms with Crippen molar-refractivity contribution in [1.29, 1.82) is 10.5 Å². The molecule has 0 radical (unpaired) electrons. The molecular weight excluding hydrogens is 510 g/mol. The topological polar surface area (TPSA) is 165 Å². The molecule has 12 heteroatoms. The molecule has 10 nitrogen and oxygen atoms in total. The first kappa shape index (κ1) is 28.3. The summed E-state index contributed by atoms with van der Waals surface area (Å²) in [6, 6.07) is 11.6. The van der Waals surface area contributed by atoms with E-state index in [1.807, 2.05) is 19.1 Å². The van der Waals surface area contributed by atoms with E-state index in [2.05, 4.69) is 27.1 Å². The second-order valence-corrected chi connectivity index (χ2v) is 11.6. The lowest BCUT2D eigenvalue weighted by Crippen LogP contribution is -2.35. The zero-order valence-electron chi connectivity index (χ0n) is 21.0. The Morgan fingerprint density at radius 2 is 1.92 bits per heavy atom. The van der Waals surface area contributed by atoms with Gasteiger partial charge >= 0.3 is 0 Å². The van der Waals surface area contributed by atoms with Crippen LogP contribution in [0.3, 0.4) is 0 Å². The minimum atomic E-state index is -3.35. The maximum absolute atomic E-state index is 11.8. The normalized spacial score (nSPS) is 15.2. The first-order chi connectivity index (χ1) is 17.7. The maximum Gasteiger partial charge on any atom is 0.233 e. The van der Waals surface area contributed by atoms with Crippen LogP contribution < -0.4 is 20.7 Å². The summed E-state index contributed by atoms with van der Waals surface area (Å²) in [5, 5.41) is 23.3. The summed E-state index contributed by atoms with van der Waals surface area (Å²) in [6.07, 6.45) is 1.36. The van der Waals surface area contributed by atoms with E-state index in [0.717, 1.165) is 12.0 Å². The Hall–Kier alpha value is -3.32. The summed E-state index contributed by atoms with van der Waals surface area (Å²) < 4.78 is 26.1. The smallest absolute Gasteiger partial charge is 0.233 e. The van der Waals surface area contributed by atoms with Crippen molar-refractivity contribution in [2.24, 2.45) is 11.7 Å². The number of sulfonamides is 1. The third-order valence-electron chi connectivity index (χ3n) is 6.17. The Kier molecular flexibility index (Phi) is 9.75. The van der Waals surface area contributed by atoms with Crippen LogP contribution in [0.2, 0.25) is 0 Å². The number of benzene rings is 1. The fraction of sp³-hybridized carbons (Fsp3) is 0.440. The quantitative estimate of drug-likeness (QED) is 0.362. The van der Waals surface area contributed by atoms with Gasteiger partial charge in [0, 0.05) is 31.1 Å². The number of thioether (sulfide) groups is 1. The minimum Gasteiger partial charge on any atom is -0.355 e. The molecule has 0 saturated carbocycles. The van der Waals surface area contributed by atoms with E-state index in [0.29, 0.717) is 65.0 Å². The number of pyridine rings is 1. The average molecular weight is 542 g/mol. The van der Waals surface area contributed by atoms with Gasteiger partial charge in [0.15, 0.2) is 0 Å². The third kappa shape index (κ3) is 7.13. The highest BCUT2D eigenvalue weighted by Gasteiger charge is 2.29. The molecule has 1 aromatic carbocycles. The summed E-state index contributed by atoms with van der Waals surface area (Å²) in [6.45, 7) is 5.28. The van der Waals surface area contributed by atoms with Gasteiger partial charge in [0.1, 0.15) is 23.0 Å². The molecular formula is C25H31N7O3S2. The van der Waals surface area contributed by atoms with E-state index in [4.69, 9.17) is 10.7 Å². The fourth-order valence-corrected chi connectivity index (χ4v) is 5.71. The zero-order chi connectivity index (χ0) is 27.0. The number of hydrogen-bond acceptors (Lipinski definition) is 9. The highest BCUT2D eigenvalue weighted by Crippen LogP contribution is 2.35. The number of amides is 1. The second kappa shape index (κ2) is 12.8. The molecule has 1 aliphatic rings. The molecule has 0 unspecified atom stereocenters. The zero-order valence-corrected chi connectivity index (χ0v) is 22.6. The molecule has 2 aromatic rings. The van der Waals surface area contributed by atoms with Crippen LogP contribution in [0.1, 0.15) is 42.5 Å². The Morgan fingerprint density at radius 3 is 2.51 bits per heavy atom. The van der Waals surface area contributed by atoms with E-state index >= 15 is 0 Å². The van der Waals surface area contributed by atoms with Gasteiger partial charge in [-0.1, -0.05) is 19.1 Å². The lowest BCUT2D eigenvalue weighted by atomic mass is 10.0. The number of aromatic nitrogens is 1. The van der Waals surface area contributed by atoms with Gasteiger partial charge in [-0.25, -0.2) is 13.4 Å². The van der Waals surface area contributed by atoms with Crippen molar-refractivity contribution in [3.05, 3.63) is 46.5 Å². The second-order valence-electron chi connectivity index (χ2n) is 8.65. The average Bonchev–Trinajstić information content (AvgIpc) is 3.38. The van der Waals surface area contributed by atoms with Gasteiger partial charge in [-0.2, -0.15) is 10.5 Å². The molecule has 2 heterocycles. The van der Waals surface area contributed by atoms with Gasteiger partial charge in [-0.3, -0.25) is 9.52 Å². The first-order valence-corrected chi connectivity index (χ1v) is 14.7. The number of carbonyl (C=O) groups excluding carboxylic acids is 1. The number of nitriles is 2. The van der Waals surface area contributed by atoms with E-state index in [9.17, 15) is 23.7 Å². The highest BCUT2D eigenvalue weighted by molar-refractivity contribution is 7.98. The monoisotopic (exact) mass is 541 g/mol. The molecule has 196 valence electrons. The van der Waals surface area contributed by atoms with Crippen molar-refractivity contribution in [3.8, 4) is 12.1 Å². The molecule has 4 N–H and O–H groups in total. The maximum atomic E-state index is 11.8. The molecule has 1 fully saturated rings. The lowest BCUT2D eigenvalue weighted by molar-refractivity contribution is -0.119. The number of anilines is 2. The van der Waals surface area contributed by atoms with Crippen LogP contribution >= 0.6 is 11.8 Å². The van der Waals surface area contributed by atoms with Crippen molar-refractivity contribution < 1.29 is 13.2 Å². The van der Waals surface area contributed by atoms with Crippen LogP contribution in [-0.4, -0.2) is 51.2 Å². The summed E-state index contributed by atoms with van der Waals surface area (Å²) in [5.41, 5.74) is 8.31. The highest BCUT2D eigenvalue weighted by atomic mass is 32.2. The number of carbonyl (C=O) groups is 1. The van der Waals surface area contributed by atoms with Crippen LogP contribution in [0.5, 0.6) is 0 Å². The van der Waals surface area contributed by atoms with Crippen LogP contribution in [-0.2, 0) is 27.0 Å². The molecule has 1 aromatic heterocycles. The molecule has 3 rings (SSSR count). The summed E-state index contributed by atoms with van der Waals surface area (Å²) in [7, 11) is -3.35. The first-order valence-electron chi connectivity index (χ1n) is 12.1. The van der Waals surface area contributed by atoms with Crippen LogP contribution in [0.15, 0.2) is 29.3 Å². The lowest BCUT2D eigenvalue weighted by Gasteiger charge is -2.22. The molecule has 37 heavy (non-hydrogen) atoms. The van der Waals surface area contributed by atoms with Gasteiger partial charge < -0.3 is 16.0 Å². The molecule has 1 aliphatic heterocycles. The van der Waals surface area contributed by atoms with Gasteiger partial charge in [0.05, 0.1) is 23.4 Å². The van der Waals surface area contributed by atoms with Crippen molar-refractivity contribution in [2.45, 2.75) is 37.5 Å². The molecule has 0 spiro atoms. The van der Waals surface area contributed by atoms with Crippen molar-refractivity contribution in [3.63, 3.8) is 0 Å². The van der Waals surface area contributed by atoms with E-state index < -0.39 is 10.0 Å². The fourth-order valence-electron chi connectivity index (χ4n) is 4.11. The third-order valence-corrected chi connectivity index (χ3v) is 8.52. The van der Waals surface area contributed by atoms with Crippen molar-refractivity contribution in [2.75, 3.05) is 41.6 Å². The van der Waals surface area contributed by atoms with E-state index in [1.165, 1.54) is 11.8 Å². The summed E-state index contributed by atoms with van der Waals surface area (Å²) in [5.74, 6) is 1.09. The van der Waals surface area contributed by atoms with Crippen LogP contribution in [0, 0.1) is 28.6 Å². The molecule has 1 saturated heterocycles. The van der Waals surface area contributed by atoms with Gasteiger partial charge in [0.25, 0.3) is 0 Å². The Morgan fingerprint density at radius 1 is 1.22 bits per heavy atom.